The molecule has 8 heteroatoms. The maximum Gasteiger partial charge on any atom is 0.214 e. The molecule has 1 heterocycles. The van der Waals surface area contributed by atoms with Crippen LogP contribution in [-0.4, -0.2) is 52.3 Å². The molecule has 0 amide bonds. The quantitative estimate of drug-likeness (QED) is 0.753. The second-order valence-corrected chi connectivity index (χ2v) is 8.03. The summed E-state index contributed by atoms with van der Waals surface area (Å²) in [5.74, 6) is 1.51. The number of fused-ring (bicyclic) bond motifs is 1. The molecule has 2 rings (SSSR count). The normalized spacial score (nSPS) is 14.5. The van der Waals surface area contributed by atoms with E-state index in [4.69, 9.17) is 9.47 Å². The molecule has 0 radical (unpaired) electrons. The summed E-state index contributed by atoms with van der Waals surface area (Å²) >= 11 is 3.46. The summed E-state index contributed by atoms with van der Waals surface area (Å²) in [5.41, 5.74) is 1.01. The Morgan fingerprint density at radius 2 is 2.00 bits per heavy atom. The Hall–Kier alpha value is -0.830. The van der Waals surface area contributed by atoms with Gasteiger partial charge in [-0.3, -0.25) is 0 Å². The van der Waals surface area contributed by atoms with Crippen LogP contribution < -0.4 is 14.8 Å². The van der Waals surface area contributed by atoms with Gasteiger partial charge < -0.3 is 14.8 Å². The van der Waals surface area contributed by atoms with E-state index in [9.17, 15) is 8.42 Å². The number of rotatable bonds is 6. The summed E-state index contributed by atoms with van der Waals surface area (Å²) in [7, 11) is -0.0883. The lowest BCUT2D eigenvalue weighted by molar-refractivity contribution is 0.170. The van der Waals surface area contributed by atoms with Gasteiger partial charge >= 0.3 is 0 Å². The Morgan fingerprint density at radius 3 is 2.71 bits per heavy atom. The van der Waals surface area contributed by atoms with E-state index in [-0.39, 0.29) is 5.75 Å². The molecule has 0 saturated heterocycles. The van der Waals surface area contributed by atoms with Crippen LogP contribution in [0.1, 0.15) is 5.56 Å². The van der Waals surface area contributed by atoms with Gasteiger partial charge in [0.2, 0.25) is 10.0 Å². The van der Waals surface area contributed by atoms with Crippen molar-refractivity contribution >= 4 is 26.0 Å². The minimum atomic E-state index is -3.16. The van der Waals surface area contributed by atoms with E-state index >= 15 is 0 Å². The third-order valence-electron chi connectivity index (χ3n) is 3.08. The van der Waals surface area contributed by atoms with Crippen LogP contribution in [0.15, 0.2) is 16.6 Å². The van der Waals surface area contributed by atoms with E-state index in [1.54, 1.807) is 0 Å². The van der Waals surface area contributed by atoms with Gasteiger partial charge in [-0.05, 0) is 33.6 Å². The van der Waals surface area contributed by atoms with Crippen molar-refractivity contribution in [1.82, 2.24) is 9.62 Å². The Labute approximate surface area is 133 Å². The number of halogens is 1. The Kier molecular flexibility index (Phi) is 5.48. The van der Waals surface area contributed by atoms with E-state index in [1.165, 1.54) is 18.4 Å². The van der Waals surface area contributed by atoms with E-state index in [2.05, 4.69) is 21.2 Å². The highest BCUT2D eigenvalue weighted by atomic mass is 79.9. The second-order valence-electron chi connectivity index (χ2n) is 4.88. The molecule has 1 N–H and O–H groups in total. The zero-order valence-corrected chi connectivity index (χ0v) is 14.5. The van der Waals surface area contributed by atoms with Crippen molar-refractivity contribution in [3.05, 3.63) is 22.2 Å². The molecule has 0 fully saturated rings. The van der Waals surface area contributed by atoms with Crippen molar-refractivity contribution in [1.29, 1.82) is 0 Å². The molecule has 1 aliphatic heterocycles. The first-order valence-electron chi connectivity index (χ1n) is 6.59. The van der Waals surface area contributed by atoms with Crippen LogP contribution in [0.4, 0.5) is 0 Å². The minimum Gasteiger partial charge on any atom is -0.486 e. The lowest BCUT2D eigenvalue weighted by Crippen LogP contribution is -2.31. The predicted octanol–water partition coefficient (Wildman–Crippen LogP) is 1.20. The largest absolute Gasteiger partial charge is 0.486 e. The smallest absolute Gasteiger partial charge is 0.214 e. The zero-order chi connectivity index (χ0) is 15.5. The van der Waals surface area contributed by atoms with Gasteiger partial charge in [0, 0.05) is 27.2 Å². The van der Waals surface area contributed by atoms with Crippen LogP contribution >= 0.6 is 15.9 Å². The lowest BCUT2D eigenvalue weighted by Gasteiger charge is -2.20. The Balaban J connectivity index is 1.91. The fraction of sp³-hybridized carbons (Fsp3) is 0.538. The monoisotopic (exact) mass is 378 g/mol. The SMILES string of the molecule is CN(C)S(=O)(=O)CCNCc1cc(Br)c2c(c1)OCCO2. The number of sulfonamides is 1. The Bertz CT molecular complexity index is 604. The van der Waals surface area contributed by atoms with Crippen LogP contribution in [-0.2, 0) is 16.6 Å². The number of hydrogen-bond acceptors (Lipinski definition) is 5. The van der Waals surface area contributed by atoms with Crippen molar-refractivity contribution in [2.24, 2.45) is 0 Å². The lowest BCUT2D eigenvalue weighted by atomic mass is 10.2. The first kappa shape index (κ1) is 16.5. The predicted molar refractivity (Wildman–Crippen MR) is 84.3 cm³/mol. The molecule has 21 heavy (non-hydrogen) atoms. The van der Waals surface area contributed by atoms with Gasteiger partial charge in [-0.2, -0.15) is 0 Å². The number of nitrogens with one attached hydrogen (secondary N) is 1. The molecule has 1 aromatic carbocycles. The molecule has 1 aromatic rings. The number of hydrogen-bond donors (Lipinski definition) is 1. The third-order valence-corrected chi connectivity index (χ3v) is 5.50. The molecule has 0 bridgehead atoms. The van der Waals surface area contributed by atoms with Crippen LogP contribution in [0.5, 0.6) is 11.5 Å². The van der Waals surface area contributed by atoms with Crippen molar-refractivity contribution in [3.63, 3.8) is 0 Å². The van der Waals surface area contributed by atoms with Gasteiger partial charge in [0.15, 0.2) is 11.5 Å². The molecular formula is C13H19BrN2O4S. The molecule has 1 aliphatic rings. The molecule has 0 aromatic heterocycles. The Morgan fingerprint density at radius 1 is 1.29 bits per heavy atom. The highest BCUT2D eigenvalue weighted by molar-refractivity contribution is 9.10. The van der Waals surface area contributed by atoms with Crippen molar-refractivity contribution < 1.29 is 17.9 Å². The summed E-state index contributed by atoms with van der Waals surface area (Å²) < 4.78 is 36.4. The number of benzene rings is 1. The van der Waals surface area contributed by atoms with Crippen LogP contribution in [0, 0.1) is 0 Å². The summed E-state index contributed by atoms with van der Waals surface area (Å²) in [6.45, 7) is 2.05. The van der Waals surface area contributed by atoms with E-state index < -0.39 is 10.0 Å². The van der Waals surface area contributed by atoms with Crippen LogP contribution in [0.2, 0.25) is 0 Å². The van der Waals surface area contributed by atoms with Gasteiger partial charge in [0.1, 0.15) is 13.2 Å². The molecule has 0 aliphatic carbocycles. The van der Waals surface area contributed by atoms with Gasteiger partial charge in [0.25, 0.3) is 0 Å². The third kappa shape index (κ3) is 4.32. The molecule has 0 atom stereocenters. The van der Waals surface area contributed by atoms with Gasteiger partial charge in [0.05, 0.1) is 10.2 Å². The molecule has 0 spiro atoms. The zero-order valence-electron chi connectivity index (χ0n) is 12.1. The van der Waals surface area contributed by atoms with E-state index in [1.807, 2.05) is 12.1 Å². The van der Waals surface area contributed by atoms with Crippen molar-refractivity contribution in [2.75, 3.05) is 39.6 Å². The van der Waals surface area contributed by atoms with Crippen LogP contribution in [0.3, 0.4) is 0 Å². The second kappa shape index (κ2) is 6.95. The molecular weight excluding hydrogens is 360 g/mol. The maximum atomic E-state index is 11.6. The van der Waals surface area contributed by atoms with E-state index in [0.29, 0.717) is 32.1 Å². The van der Waals surface area contributed by atoms with Gasteiger partial charge in [-0.15, -0.1) is 0 Å². The highest BCUT2D eigenvalue weighted by Gasteiger charge is 2.16. The first-order chi connectivity index (χ1) is 9.90. The fourth-order valence-corrected chi connectivity index (χ4v) is 3.25. The topological polar surface area (TPSA) is 67.9 Å². The average molecular weight is 379 g/mol. The van der Waals surface area contributed by atoms with Crippen molar-refractivity contribution in [2.45, 2.75) is 6.54 Å². The van der Waals surface area contributed by atoms with Gasteiger partial charge in [-0.25, -0.2) is 12.7 Å². The molecule has 118 valence electrons. The summed E-state index contributed by atoms with van der Waals surface area (Å²) in [6, 6.07) is 3.85. The first-order valence-corrected chi connectivity index (χ1v) is 8.99. The molecule has 6 nitrogen and oxygen atoms in total. The number of ether oxygens (including phenoxy) is 2. The molecule has 0 saturated carbocycles. The summed E-state index contributed by atoms with van der Waals surface area (Å²) in [4.78, 5) is 0. The standard InChI is InChI=1S/C13H19BrN2O4S/c1-16(2)21(17,18)6-3-15-9-10-7-11(14)13-12(8-10)19-4-5-20-13/h7-8,15H,3-6,9H2,1-2H3. The average Bonchev–Trinajstić information content (AvgIpc) is 2.43. The highest BCUT2D eigenvalue weighted by Crippen LogP contribution is 2.38. The number of nitrogens with zero attached hydrogens (tertiary/aromatic N) is 1. The van der Waals surface area contributed by atoms with Gasteiger partial charge in [-0.1, -0.05) is 0 Å². The van der Waals surface area contributed by atoms with Crippen molar-refractivity contribution in [3.8, 4) is 11.5 Å². The fourth-order valence-electron chi connectivity index (χ4n) is 1.88. The summed E-state index contributed by atoms with van der Waals surface area (Å²) in [5, 5.41) is 3.12. The summed E-state index contributed by atoms with van der Waals surface area (Å²) in [6.07, 6.45) is 0. The minimum absolute atomic E-state index is 0.0751. The molecule has 0 unspecified atom stereocenters. The van der Waals surface area contributed by atoms with Crippen LogP contribution in [0.25, 0.3) is 0 Å². The van der Waals surface area contributed by atoms with E-state index in [0.717, 1.165) is 15.8 Å². The maximum absolute atomic E-state index is 11.6.